The van der Waals surface area contributed by atoms with Gasteiger partial charge in [-0.2, -0.15) is 0 Å². The van der Waals surface area contributed by atoms with Gasteiger partial charge in [0.25, 0.3) is 0 Å². The summed E-state index contributed by atoms with van der Waals surface area (Å²) in [6.45, 7) is 0.257. The molecule has 23 heavy (non-hydrogen) atoms. The molecule has 6 heteroatoms. The van der Waals surface area contributed by atoms with Gasteiger partial charge in [0.15, 0.2) is 0 Å². The van der Waals surface area contributed by atoms with Gasteiger partial charge in [0, 0.05) is 11.3 Å². The molecule has 3 rings (SSSR count). The number of thiophene rings is 1. The Balaban J connectivity index is 1.88. The van der Waals surface area contributed by atoms with Crippen LogP contribution in [0, 0.1) is 5.82 Å². The van der Waals surface area contributed by atoms with Crippen molar-refractivity contribution < 1.29 is 23.5 Å². The van der Waals surface area contributed by atoms with Gasteiger partial charge in [0.05, 0.1) is 12.2 Å². The SMILES string of the molecule is O=C(OC1CCOC1=O)/C(=C/c1ccc(F)cc1)c1cccs1. The molecule has 1 fully saturated rings. The third-order valence-corrected chi connectivity index (χ3v) is 4.23. The zero-order chi connectivity index (χ0) is 16.2. The molecule has 0 N–H and O–H groups in total. The van der Waals surface area contributed by atoms with E-state index in [1.54, 1.807) is 24.3 Å². The molecule has 2 heterocycles. The summed E-state index contributed by atoms with van der Waals surface area (Å²) in [5.41, 5.74) is 0.993. The molecular weight excluding hydrogens is 319 g/mol. The maximum atomic E-state index is 13.0. The van der Waals surface area contributed by atoms with Crippen LogP contribution in [0.3, 0.4) is 0 Å². The predicted octanol–water partition coefficient (Wildman–Crippen LogP) is 3.29. The molecule has 4 nitrogen and oxygen atoms in total. The number of benzene rings is 1. The number of hydrogen-bond acceptors (Lipinski definition) is 5. The highest BCUT2D eigenvalue weighted by atomic mass is 32.1. The molecule has 1 atom stereocenters. The van der Waals surface area contributed by atoms with Gasteiger partial charge in [-0.15, -0.1) is 11.3 Å². The predicted molar refractivity (Wildman–Crippen MR) is 84.0 cm³/mol. The fourth-order valence-corrected chi connectivity index (χ4v) is 2.90. The first-order chi connectivity index (χ1) is 11.1. The van der Waals surface area contributed by atoms with Crippen molar-refractivity contribution in [2.75, 3.05) is 6.61 Å². The van der Waals surface area contributed by atoms with E-state index in [9.17, 15) is 14.0 Å². The van der Waals surface area contributed by atoms with Gasteiger partial charge in [-0.25, -0.2) is 14.0 Å². The van der Waals surface area contributed by atoms with Gasteiger partial charge >= 0.3 is 11.9 Å². The molecule has 0 saturated carbocycles. The Bertz CT molecular complexity index is 734. The van der Waals surface area contributed by atoms with Crippen molar-refractivity contribution in [2.45, 2.75) is 12.5 Å². The van der Waals surface area contributed by atoms with Crippen molar-refractivity contribution in [2.24, 2.45) is 0 Å². The Hall–Kier alpha value is -2.47. The highest BCUT2D eigenvalue weighted by molar-refractivity contribution is 7.11. The van der Waals surface area contributed by atoms with Crippen LogP contribution in [0.2, 0.25) is 0 Å². The van der Waals surface area contributed by atoms with Crippen LogP contribution in [0.4, 0.5) is 4.39 Å². The van der Waals surface area contributed by atoms with Crippen LogP contribution < -0.4 is 0 Å². The van der Waals surface area contributed by atoms with Crippen LogP contribution in [-0.4, -0.2) is 24.6 Å². The minimum Gasteiger partial charge on any atom is -0.463 e. The molecule has 1 saturated heterocycles. The van der Waals surface area contributed by atoms with E-state index in [4.69, 9.17) is 9.47 Å². The van der Waals surface area contributed by atoms with E-state index in [1.807, 2.05) is 11.4 Å². The normalized spacial score (nSPS) is 17.9. The van der Waals surface area contributed by atoms with E-state index in [0.717, 1.165) is 0 Å². The fraction of sp³-hybridized carbons (Fsp3) is 0.176. The van der Waals surface area contributed by atoms with Crippen LogP contribution in [0.25, 0.3) is 11.6 Å². The van der Waals surface area contributed by atoms with Gasteiger partial charge in [-0.05, 0) is 35.2 Å². The maximum absolute atomic E-state index is 13.0. The minimum atomic E-state index is -0.862. The van der Waals surface area contributed by atoms with Crippen molar-refractivity contribution in [3.63, 3.8) is 0 Å². The number of halogens is 1. The summed E-state index contributed by atoms with van der Waals surface area (Å²) in [4.78, 5) is 24.6. The van der Waals surface area contributed by atoms with Gasteiger partial charge < -0.3 is 9.47 Å². The van der Waals surface area contributed by atoms with Crippen LogP contribution in [-0.2, 0) is 19.1 Å². The van der Waals surface area contributed by atoms with Crippen molar-refractivity contribution in [1.82, 2.24) is 0 Å². The Morgan fingerprint density at radius 3 is 2.70 bits per heavy atom. The molecule has 1 aliphatic rings. The van der Waals surface area contributed by atoms with E-state index < -0.39 is 18.0 Å². The molecule has 2 aromatic rings. The second-order valence-electron chi connectivity index (χ2n) is 4.94. The molecule has 0 spiro atoms. The smallest absolute Gasteiger partial charge is 0.347 e. The Kier molecular flexibility index (Phi) is 4.52. The first-order valence-electron chi connectivity index (χ1n) is 7.02. The lowest BCUT2D eigenvalue weighted by atomic mass is 10.1. The average Bonchev–Trinajstić information content (AvgIpc) is 3.19. The molecule has 0 amide bonds. The zero-order valence-electron chi connectivity index (χ0n) is 12.0. The van der Waals surface area contributed by atoms with E-state index in [0.29, 0.717) is 22.4 Å². The summed E-state index contributed by atoms with van der Waals surface area (Å²) in [5, 5.41) is 1.84. The molecule has 1 aromatic heterocycles. The molecule has 1 aromatic carbocycles. The highest BCUT2D eigenvalue weighted by Gasteiger charge is 2.31. The van der Waals surface area contributed by atoms with Crippen molar-refractivity contribution in [1.29, 1.82) is 0 Å². The van der Waals surface area contributed by atoms with Crippen LogP contribution in [0.5, 0.6) is 0 Å². The number of cyclic esters (lactones) is 1. The number of esters is 2. The van der Waals surface area contributed by atoms with E-state index in [-0.39, 0.29) is 12.4 Å². The maximum Gasteiger partial charge on any atom is 0.347 e. The fourth-order valence-electron chi connectivity index (χ4n) is 2.17. The minimum absolute atomic E-state index is 0.257. The summed E-state index contributed by atoms with van der Waals surface area (Å²) in [7, 11) is 0. The second kappa shape index (κ2) is 6.75. The molecular formula is C17H13FO4S. The monoisotopic (exact) mass is 332 g/mol. The quantitative estimate of drug-likeness (QED) is 0.637. The van der Waals surface area contributed by atoms with Crippen molar-refractivity contribution in [3.05, 3.63) is 58.0 Å². The first kappa shape index (κ1) is 15.4. The van der Waals surface area contributed by atoms with E-state index >= 15 is 0 Å². The lowest BCUT2D eigenvalue weighted by Crippen LogP contribution is -2.23. The molecule has 0 bridgehead atoms. The van der Waals surface area contributed by atoms with E-state index in [2.05, 4.69) is 0 Å². The Morgan fingerprint density at radius 1 is 1.30 bits per heavy atom. The lowest BCUT2D eigenvalue weighted by molar-refractivity contribution is -0.156. The van der Waals surface area contributed by atoms with Crippen LogP contribution in [0.1, 0.15) is 16.9 Å². The summed E-state index contributed by atoms with van der Waals surface area (Å²) in [6.07, 6.45) is 1.12. The number of hydrogen-bond donors (Lipinski definition) is 0. The number of carbonyl (C=O) groups is 2. The van der Waals surface area contributed by atoms with Crippen molar-refractivity contribution >= 4 is 34.9 Å². The number of carbonyl (C=O) groups excluding carboxylic acids is 2. The Morgan fingerprint density at radius 2 is 2.09 bits per heavy atom. The van der Waals surface area contributed by atoms with Gasteiger partial charge in [-0.1, -0.05) is 18.2 Å². The van der Waals surface area contributed by atoms with Gasteiger partial charge in [0.1, 0.15) is 5.82 Å². The number of ether oxygens (including phenoxy) is 2. The third kappa shape index (κ3) is 3.65. The highest BCUT2D eigenvalue weighted by Crippen LogP contribution is 2.26. The van der Waals surface area contributed by atoms with Crippen LogP contribution >= 0.6 is 11.3 Å². The summed E-state index contributed by atoms with van der Waals surface area (Å²) in [6, 6.07) is 9.37. The molecule has 1 aliphatic heterocycles. The van der Waals surface area contributed by atoms with E-state index in [1.165, 1.54) is 23.5 Å². The number of rotatable bonds is 4. The summed E-state index contributed by atoms with van der Waals surface area (Å²) >= 11 is 1.38. The second-order valence-corrected chi connectivity index (χ2v) is 5.88. The average molecular weight is 332 g/mol. The molecule has 0 aliphatic carbocycles. The molecule has 118 valence electrons. The molecule has 0 radical (unpaired) electrons. The molecule has 1 unspecified atom stereocenters. The van der Waals surface area contributed by atoms with Crippen LogP contribution in [0.15, 0.2) is 41.8 Å². The standard InChI is InChI=1S/C17H13FO4S/c18-12-5-3-11(4-6-12)10-13(15-2-1-9-23-15)16(19)22-14-7-8-21-17(14)20/h1-6,9-10,14H,7-8H2/b13-10+. The summed E-state index contributed by atoms with van der Waals surface area (Å²) in [5.74, 6) is -1.47. The Labute approximate surface area is 136 Å². The topological polar surface area (TPSA) is 52.6 Å². The van der Waals surface area contributed by atoms with Gasteiger partial charge in [0.2, 0.25) is 6.10 Å². The lowest BCUT2D eigenvalue weighted by Gasteiger charge is -2.10. The summed E-state index contributed by atoms with van der Waals surface area (Å²) < 4.78 is 23.1. The zero-order valence-corrected chi connectivity index (χ0v) is 12.8. The van der Waals surface area contributed by atoms with Crippen molar-refractivity contribution in [3.8, 4) is 0 Å². The third-order valence-electron chi connectivity index (χ3n) is 3.32. The van der Waals surface area contributed by atoms with Gasteiger partial charge in [-0.3, -0.25) is 0 Å². The first-order valence-corrected chi connectivity index (χ1v) is 7.90. The largest absolute Gasteiger partial charge is 0.463 e.